The maximum absolute atomic E-state index is 14.6. The Bertz CT molecular complexity index is 1170. The first-order valence-corrected chi connectivity index (χ1v) is 8.94. The van der Waals surface area contributed by atoms with E-state index in [1.807, 2.05) is 0 Å². The molecular formula is C21H17F3N4O. The first-order valence-electron chi connectivity index (χ1n) is 8.94. The monoisotopic (exact) mass is 398 g/mol. The predicted molar refractivity (Wildman–Crippen MR) is 100 cm³/mol. The number of rotatable bonds is 5. The average molecular weight is 398 g/mol. The van der Waals surface area contributed by atoms with E-state index < -0.39 is 29.0 Å². The number of hydrogen-bond donors (Lipinski definition) is 1. The van der Waals surface area contributed by atoms with Crippen LogP contribution in [0.15, 0.2) is 61.2 Å². The summed E-state index contributed by atoms with van der Waals surface area (Å²) in [4.78, 5) is 8.21. The van der Waals surface area contributed by atoms with Gasteiger partial charge in [-0.25, -0.2) is 27.8 Å². The highest BCUT2D eigenvalue weighted by atomic mass is 19.1. The Hall–Kier alpha value is -3.26. The summed E-state index contributed by atoms with van der Waals surface area (Å²) in [6.07, 6.45) is 2.67. The highest BCUT2D eigenvalue weighted by molar-refractivity contribution is 5.79. The van der Waals surface area contributed by atoms with E-state index in [4.69, 9.17) is 0 Å². The molecule has 0 radical (unpaired) electrons. The Balaban J connectivity index is 1.85. The number of nitrogens with zero attached hydrogens (tertiary/aromatic N) is 4. The van der Waals surface area contributed by atoms with Crippen molar-refractivity contribution < 1.29 is 18.3 Å². The van der Waals surface area contributed by atoms with E-state index in [0.29, 0.717) is 17.1 Å². The Morgan fingerprint density at radius 1 is 1.07 bits per heavy atom. The van der Waals surface area contributed by atoms with E-state index in [9.17, 15) is 18.3 Å². The molecule has 0 amide bonds. The second kappa shape index (κ2) is 7.29. The van der Waals surface area contributed by atoms with Gasteiger partial charge in [-0.2, -0.15) is 5.10 Å². The SMILES string of the molecule is CC(c1ccc2cccc(F)c2n1)C(O)(Cn1cncn1)c1ccc(F)cc1F. The maximum atomic E-state index is 14.6. The second-order valence-electron chi connectivity index (χ2n) is 6.91. The molecule has 4 rings (SSSR count). The first kappa shape index (κ1) is 19.1. The van der Waals surface area contributed by atoms with Crippen molar-refractivity contribution in [2.45, 2.75) is 25.0 Å². The standard InChI is InChI=1S/C21H17F3N4O/c1-13(19-8-5-14-3-2-4-17(23)20(14)27-19)21(29,10-28-12-25-11-26-28)16-7-6-15(22)9-18(16)24/h2-9,11-13,29H,10H2,1H3. The van der Waals surface area contributed by atoms with Gasteiger partial charge in [0.25, 0.3) is 0 Å². The van der Waals surface area contributed by atoms with E-state index in [2.05, 4.69) is 15.1 Å². The van der Waals surface area contributed by atoms with E-state index in [-0.39, 0.29) is 17.6 Å². The molecule has 29 heavy (non-hydrogen) atoms. The number of halogens is 3. The molecule has 1 N–H and O–H groups in total. The Labute approximate surface area is 164 Å². The summed E-state index contributed by atoms with van der Waals surface area (Å²) in [5, 5.41) is 16.2. The number of fused-ring (bicyclic) bond motifs is 1. The summed E-state index contributed by atoms with van der Waals surface area (Å²) in [6, 6.07) is 10.9. The third-order valence-electron chi connectivity index (χ3n) is 5.12. The van der Waals surface area contributed by atoms with Crippen molar-refractivity contribution in [2.24, 2.45) is 0 Å². The highest BCUT2D eigenvalue weighted by Crippen LogP contribution is 2.39. The molecule has 0 bridgehead atoms. The largest absolute Gasteiger partial charge is 0.382 e. The van der Waals surface area contributed by atoms with Gasteiger partial charge in [0.05, 0.1) is 6.54 Å². The molecule has 0 aliphatic heterocycles. The predicted octanol–water partition coefficient (Wildman–Crippen LogP) is 3.94. The number of benzene rings is 2. The number of pyridine rings is 1. The van der Waals surface area contributed by atoms with Gasteiger partial charge in [0.2, 0.25) is 0 Å². The normalized spacial score (nSPS) is 14.7. The minimum atomic E-state index is -1.85. The fourth-order valence-corrected chi connectivity index (χ4v) is 3.47. The molecule has 0 saturated carbocycles. The number of hydrogen-bond acceptors (Lipinski definition) is 4. The lowest BCUT2D eigenvalue weighted by molar-refractivity contribution is -0.0122. The van der Waals surface area contributed by atoms with Gasteiger partial charge >= 0.3 is 0 Å². The lowest BCUT2D eigenvalue weighted by atomic mass is 9.79. The minimum Gasteiger partial charge on any atom is -0.382 e. The summed E-state index contributed by atoms with van der Waals surface area (Å²) in [7, 11) is 0. The van der Waals surface area contributed by atoms with E-state index in [1.165, 1.54) is 29.5 Å². The molecular weight excluding hydrogens is 381 g/mol. The zero-order chi connectivity index (χ0) is 20.6. The van der Waals surface area contributed by atoms with Crippen molar-refractivity contribution in [3.63, 3.8) is 0 Å². The summed E-state index contributed by atoms with van der Waals surface area (Å²) in [5.41, 5.74) is -1.46. The van der Waals surface area contributed by atoms with Crippen LogP contribution in [0.2, 0.25) is 0 Å². The van der Waals surface area contributed by atoms with Gasteiger partial charge < -0.3 is 5.11 Å². The van der Waals surface area contributed by atoms with Crippen LogP contribution in [0.5, 0.6) is 0 Å². The van der Waals surface area contributed by atoms with Crippen LogP contribution >= 0.6 is 0 Å². The number of para-hydroxylation sites is 1. The molecule has 0 aliphatic rings. The summed E-state index contributed by atoms with van der Waals surface area (Å²) >= 11 is 0. The molecule has 2 atom stereocenters. The zero-order valence-corrected chi connectivity index (χ0v) is 15.4. The molecule has 2 unspecified atom stereocenters. The average Bonchev–Trinajstić information content (AvgIpc) is 3.20. The quantitative estimate of drug-likeness (QED) is 0.553. The molecule has 8 heteroatoms. The van der Waals surface area contributed by atoms with Crippen LogP contribution in [0.25, 0.3) is 10.9 Å². The highest BCUT2D eigenvalue weighted by Gasteiger charge is 2.40. The molecule has 148 valence electrons. The van der Waals surface area contributed by atoms with Crippen LogP contribution in [0.4, 0.5) is 13.2 Å². The van der Waals surface area contributed by atoms with Crippen LogP contribution in [0.3, 0.4) is 0 Å². The molecule has 4 aromatic rings. The lowest BCUT2D eigenvalue weighted by Crippen LogP contribution is -2.38. The van der Waals surface area contributed by atoms with Gasteiger partial charge in [0.1, 0.15) is 41.2 Å². The van der Waals surface area contributed by atoms with Crippen molar-refractivity contribution in [1.82, 2.24) is 19.7 Å². The van der Waals surface area contributed by atoms with Gasteiger partial charge in [-0.3, -0.25) is 0 Å². The topological polar surface area (TPSA) is 63.8 Å². The molecule has 0 aliphatic carbocycles. The Kier molecular flexibility index (Phi) is 4.79. The molecule has 5 nitrogen and oxygen atoms in total. The third-order valence-corrected chi connectivity index (χ3v) is 5.12. The van der Waals surface area contributed by atoms with Crippen LogP contribution in [-0.4, -0.2) is 24.9 Å². The molecule has 0 fully saturated rings. The van der Waals surface area contributed by atoms with Gasteiger partial charge in [-0.05, 0) is 18.2 Å². The van der Waals surface area contributed by atoms with Crippen molar-refractivity contribution in [3.8, 4) is 0 Å². The van der Waals surface area contributed by atoms with Gasteiger partial charge in [-0.15, -0.1) is 0 Å². The zero-order valence-electron chi connectivity index (χ0n) is 15.4. The fraction of sp³-hybridized carbons (Fsp3) is 0.190. The second-order valence-corrected chi connectivity index (χ2v) is 6.91. The van der Waals surface area contributed by atoms with Gasteiger partial charge in [0.15, 0.2) is 0 Å². The molecule has 0 spiro atoms. The van der Waals surface area contributed by atoms with Crippen molar-refractivity contribution in [3.05, 3.63) is 89.9 Å². The van der Waals surface area contributed by atoms with E-state index in [1.54, 1.807) is 31.2 Å². The van der Waals surface area contributed by atoms with Crippen molar-refractivity contribution in [1.29, 1.82) is 0 Å². The third kappa shape index (κ3) is 3.47. The summed E-state index contributed by atoms with van der Waals surface area (Å²) in [6.45, 7) is 1.49. The van der Waals surface area contributed by atoms with Crippen LogP contribution < -0.4 is 0 Å². The number of aromatic nitrogens is 4. The van der Waals surface area contributed by atoms with Crippen molar-refractivity contribution >= 4 is 10.9 Å². The molecule has 2 aromatic carbocycles. The summed E-state index contributed by atoms with van der Waals surface area (Å²) < 4.78 is 43.7. The smallest absolute Gasteiger partial charge is 0.149 e. The van der Waals surface area contributed by atoms with E-state index >= 15 is 0 Å². The van der Waals surface area contributed by atoms with Gasteiger partial charge in [-0.1, -0.05) is 31.2 Å². The maximum Gasteiger partial charge on any atom is 0.149 e. The van der Waals surface area contributed by atoms with Crippen molar-refractivity contribution in [2.75, 3.05) is 0 Å². The van der Waals surface area contributed by atoms with Gasteiger partial charge in [0, 0.05) is 28.6 Å². The summed E-state index contributed by atoms with van der Waals surface area (Å²) in [5.74, 6) is -2.93. The lowest BCUT2D eigenvalue weighted by Gasteiger charge is -2.34. The fourth-order valence-electron chi connectivity index (χ4n) is 3.47. The van der Waals surface area contributed by atoms with Crippen LogP contribution in [-0.2, 0) is 12.1 Å². The minimum absolute atomic E-state index is 0.114. The van der Waals surface area contributed by atoms with Crippen LogP contribution in [0, 0.1) is 17.5 Å². The molecule has 0 saturated heterocycles. The Morgan fingerprint density at radius 3 is 2.62 bits per heavy atom. The van der Waals surface area contributed by atoms with E-state index in [0.717, 1.165) is 6.07 Å². The molecule has 2 aromatic heterocycles. The first-order chi connectivity index (χ1) is 13.9. The number of aliphatic hydroxyl groups is 1. The Morgan fingerprint density at radius 2 is 1.90 bits per heavy atom. The van der Waals surface area contributed by atoms with Crippen LogP contribution in [0.1, 0.15) is 24.1 Å². The molecule has 2 heterocycles.